The first-order chi connectivity index (χ1) is 7.50. The van der Waals surface area contributed by atoms with E-state index in [1.165, 1.54) is 29.8 Å². The van der Waals surface area contributed by atoms with Crippen molar-refractivity contribution in [3.63, 3.8) is 0 Å². The zero-order chi connectivity index (χ0) is 11.8. The smallest absolute Gasteiger partial charge is 0.0705 e. The number of H-pyrrole nitrogens is 1. The molecule has 1 aliphatic heterocycles. The van der Waals surface area contributed by atoms with E-state index in [4.69, 9.17) is 0 Å². The quantitative estimate of drug-likeness (QED) is 0.765. The first kappa shape index (κ1) is 11.6. The minimum Gasteiger partial charge on any atom is -0.316 e. The number of hydrogen-bond donors (Lipinski definition) is 2. The molecule has 0 aliphatic carbocycles. The fourth-order valence-electron chi connectivity index (χ4n) is 2.78. The van der Waals surface area contributed by atoms with Crippen LogP contribution < -0.4 is 5.32 Å². The number of aryl methyl sites for hydroxylation is 1. The summed E-state index contributed by atoms with van der Waals surface area (Å²) >= 11 is 0. The highest BCUT2D eigenvalue weighted by Gasteiger charge is 2.28. The summed E-state index contributed by atoms with van der Waals surface area (Å²) in [6.45, 7) is 11.2. The number of nitrogens with zero attached hydrogens (tertiary/aromatic N) is 1. The summed E-state index contributed by atoms with van der Waals surface area (Å²) in [5.41, 5.74) is 4.12. The van der Waals surface area contributed by atoms with Crippen LogP contribution in [0.4, 0.5) is 0 Å². The van der Waals surface area contributed by atoms with E-state index in [2.05, 4.69) is 43.2 Å². The summed E-state index contributed by atoms with van der Waals surface area (Å²) in [5, 5.41) is 11.2. The second-order valence-electron chi connectivity index (χ2n) is 5.90. The van der Waals surface area contributed by atoms with E-state index >= 15 is 0 Å². The van der Waals surface area contributed by atoms with Gasteiger partial charge in [0.1, 0.15) is 0 Å². The van der Waals surface area contributed by atoms with E-state index in [9.17, 15) is 0 Å². The van der Waals surface area contributed by atoms with Gasteiger partial charge < -0.3 is 5.32 Å². The molecule has 1 saturated heterocycles. The molecule has 1 aliphatic rings. The Kier molecular flexibility index (Phi) is 3.06. The molecule has 3 heteroatoms. The molecule has 90 valence electrons. The molecular weight excluding hydrogens is 198 g/mol. The molecule has 2 N–H and O–H groups in total. The number of piperidine rings is 1. The van der Waals surface area contributed by atoms with Gasteiger partial charge in [0, 0.05) is 23.7 Å². The van der Waals surface area contributed by atoms with E-state index in [1.807, 2.05) is 0 Å². The van der Waals surface area contributed by atoms with Crippen LogP contribution >= 0.6 is 0 Å². The number of aromatic amines is 1. The third-order valence-corrected chi connectivity index (χ3v) is 3.41. The van der Waals surface area contributed by atoms with E-state index in [1.54, 1.807) is 0 Å². The molecule has 2 heterocycles. The SMILES string of the molecule is Cc1[nH]nc(C2CCCNC2)c1C(C)(C)C. The highest BCUT2D eigenvalue weighted by molar-refractivity contribution is 5.34. The Bertz CT molecular complexity index is 354. The van der Waals surface area contributed by atoms with Crippen LogP contribution in [0, 0.1) is 6.92 Å². The summed E-state index contributed by atoms with van der Waals surface area (Å²) in [7, 11) is 0. The maximum Gasteiger partial charge on any atom is 0.0705 e. The molecule has 1 aromatic heterocycles. The molecule has 0 spiro atoms. The number of hydrogen-bond acceptors (Lipinski definition) is 2. The zero-order valence-electron chi connectivity index (χ0n) is 10.9. The number of aromatic nitrogens is 2. The molecule has 3 nitrogen and oxygen atoms in total. The van der Waals surface area contributed by atoms with Crippen LogP contribution in [-0.4, -0.2) is 23.3 Å². The van der Waals surface area contributed by atoms with Crippen molar-refractivity contribution in [1.82, 2.24) is 15.5 Å². The molecule has 1 fully saturated rings. The predicted octanol–water partition coefficient (Wildman–Crippen LogP) is 2.48. The number of rotatable bonds is 1. The van der Waals surface area contributed by atoms with E-state index < -0.39 is 0 Å². The maximum absolute atomic E-state index is 4.54. The Hall–Kier alpha value is -0.830. The minimum absolute atomic E-state index is 0.184. The van der Waals surface area contributed by atoms with E-state index in [0.29, 0.717) is 5.92 Å². The summed E-state index contributed by atoms with van der Waals surface area (Å²) in [6, 6.07) is 0. The highest BCUT2D eigenvalue weighted by Crippen LogP contribution is 2.33. The van der Waals surface area contributed by atoms with Gasteiger partial charge in [0.15, 0.2) is 0 Å². The summed E-state index contributed by atoms with van der Waals surface area (Å²) < 4.78 is 0. The Morgan fingerprint density at radius 2 is 2.06 bits per heavy atom. The van der Waals surface area contributed by atoms with Gasteiger partial charge in [-0.1, -0.05) is 20.8 Å². The Balaban J connectivity index is 2.33. The van der Waals surface area contributed by atoms with Crippen LogP contribution in [0.2, 0.25) is 0 Å². The summed E-state index contributed by atoms with van der Waals surface area (Å²) in [4.78, 5) is 0. The first-order valence-corrected chi connectivity index (χ1v) is 6.26. The summed E-state index contributed by atoms with van der Waals surface area (Å²) in [6.07, 6.45) is 2.53. The van der Waals surface area contributed by atoms with Crippen LogP contribution in [0.25, 0.3) is 0 Å². The lowest BCUT2D eigenvalue weighted by Gasteiger charge is -2.26. The zero-order valence-corrected chi connectivity index (χ0v) is 10.9. The van der Waals surface area contributed by atoms with Crippen molar-refractivity contribution in [2.24, 2.45) is 0 Å². The van der Waals surface area contributed by atoms with Crippen LogP contribution in [0.5, 0.6) is 0 Å². The molecule has 0 aromatic carbocycles. The second-order valence-corrected chi connectivity index (χ2v) is 5.90. The van der Waals surface area contributed by atoms with Crippen molar-refractivity contribution in [3.05, 3.63) is 17.0 Å². The van der Waals surface area contributed by atoms with Gasteiger partial charge in [-0.25, -0.2) is 0 Å². The Labute approximate surface area is 98.0 Å². The third-order valence-electron chi connectivity index (χ3n) is 3.41. The molecule has 2 rings (SSSR count). The molecule has 0 bridgehead atoms. The lowest BCUT2D eigenvalue weighted by atomic mass is 9.81. The van der Waals surface area contributed by atoms with Crippen molar-refractivity contribution in [3.8, 4) is 0 Å². The minimum atomic E-state index is 0.184. The standard InChI is InChI=1S/C13H23N3/c1-9-11(13(2,3)4)12(16-15-9)10-6-5-7-14-8-10/h10,14H,5-8H2,1-4H3,(H,15,16). The Morgan fingerprint density at radius 1 is 1.31 bits per heavy atom. The van der Waals surface area contributed by atoms with Gasteiger partial charge in [-0.3, -0.25) is 5.10 Å². The van der Waals surface area contributed by atoms with Crippen molar-refractivity contribution < 1.29 is 0 Å². The average Bonchev–Trinajstić information content (AvgIpc) is 2.61. The fraction of sp³-hybridized carbons (Fsp3) is 0.769. The second kappa shape index (κ2) is 4.21. The largest absolute Gasteiger partial charge is 0.316 e. The van der Waals surface area contributed by atoms with Crippen LogP contribution in [0.1, 0.15) is 56.5 Å². The van der Waals surface area contributed by atoms with Gasteiger partial charge in [0.2, 0.25) is 0 Å². The normalized spacial score (nSPS) is 22.4. The maximum atomic E-state index is 4.54. The molecular formula is C13H23N3. The first-order valence-electron chi connectivity index (χ1n) is 6.26. The molecule has 0 amide bonds. The topological polar surface area (TPSA) is 40.7 Å². The molecule has 1 unspecified atom stereocenters. The van der Waals surface area contributed by atoms with Gasteiger partial charge in [-0.15, -0.1) is 0 Å². The molecule has 1 aromatic rings. The van der Waals surface area contributed by atoms with Gasteiger partial charge >= 0.3 is 0 Å². The van der Waals surface area contributed by atoms with Crippen molar-refractivity contribution in [2.45, 2.75) is 51.9 Å². The van der Waals surface area contributed by atoms with Crippen molar-refractivity contribution in [1.29, 1.82) is 0 Å². The monoisotopic (exact) mass is 221 g/mol. The molecule has 0 radical (unpaired) electrons. The predicted molar refractivity (Wildman–Crippen MR) is 66.9 cm³/mol. The summed E-state index contributed by atoms with van der Waals surface area (Å²) in [5.74, 6) is 0.591. The lowest BCUT2D eigenvalue weighted by Crippen LogP contribution is -2.30. The van der Waals surface area contributed by atoms with Gasteiger partial charge in [-0.05, 0) is 31.7 Å². The molecule has 16 heavy (non-hydrogen) atoms. The van der Waals surface area contributed by atoms with Gasteiger partial charge in [0.25, 0.3) is 0 Å². The number of nitrogens with one attached hydrogen (secondary N) is 2. The molecule has 0 saturated carbocycles. The van der Waals surface area contributed by atoms with Crippen LogP contribution in [-0.2, 0) is 5.41 Å². The Morgan fingerprint density at radius 3 is 2.62 bits per heavy atom. The third kappa shape index (κ3) is 2.14. The lowest BCUT2D eigenvalue weighted by molar-refractivity contribution is 0.445. The van der Waals surface area contributed by atoms with Crippen molar-refractivity contribution >= 4 is 0 Å². The van der Waals surface area contributed by atoms with Gasteiger partial charge in [0.05, 0.1) is 5.69 Å². The van der Waals surface area contributed by atoms with Gasteiger partial charge in [-0.2, -0.15) is 5.10 Å². The van der Waals surface area contributed by atoms with E-state index in [0.717, 1.165) is 13.1 Å². The molecule has 1 atom stereocenters. The van der Waals surface area contributed by atoms with Crippen LogP contribution in [0.15, 0.2) is 0 Å². The van der Waals surface area contributed by atoms with Crippen molar-refractivity contribution in [2.75, 3.05) is 13.1 Å². The van der Waals surface area contributed by atoms with Crippen LogP contribution in [0.3, 0.4) is 0 Å². The van der Waals surface area contributed by atoms with E-state index in [-0.39, 0.29) is 5.41 Å². The fourth-order valence-corrected chi connectivity index (χ4v) is 2.78. The highest BCUT2D eigenvalue weighted by atomic mass is 15.1. The average molecular weight is 221 g/mol.